The fourth-order valence-electron chi connectivity index (χ4n) is 2.74. The van der Waals surface area contributed by atoms with Gasteiger partial charge in [0.2, 0.25) is 5.82 Å². The molecular formula is C25H35N5O5. The Hall–Kier alpha value is -3.95. The minimum atomic E-state index is -0.617. The Morgan fingerprint density at radius 3 is 2.43 bits per heavy atom. The van der Waals surface area contributed by atoms with E-state index in [0.717, 1.165) is 0 Å². The number of aromatic nitrogens is 3. The molecule has 35 heavy (non-hydrogen) atoms. The van der Waals surface area contributed by atoms with Gasteiger partial charge in [0.05, 0.1) is 5.69 Å². The summed E-state index contributed by atoms with van der Waals surface area (Å²) in [5, 5.41) is 10.6. The number of carbonyl (C=O) groups excluding carboxylic acids is 1. The molecule has 0 saturated heterocycles. The van der Waals surface area contributed by atoms with Crippen molar-refractivity contribution in [2.24, 2.45) is 5.16 Å². The summed E-state index contributed by atoms with van der Waals surface area (Å²) < 4.78 is 11.4. The minimum Gasteiger partial charge on any atom is -0.444 e. The molecule has 0 spiro atoms. The number of amides is 1. The van der Waals surface area contributed by atoms with Gasteiger partial charge in [0, 0.05) is 12.1 Å². The maximum Gasteiger partial charge on any atom is 0.441 e. The zero-order valence-electron chi connectivity index (χ0n) is 20.4. The average molecular weight is 486 g/mol. The lowest BCUT2D eigenvalue weighted by Crippen LogP contribution is -2.27. The Kier molecular flexibility index (Phi) is 11.4. The number of ether oxygens (including phenoxy) is 1. The third-order valence-corrected chi connectivity index (χ3v) is 4.07. The number of oxime groups is 1. The van der Waals surface area contributed by atoms with E-state index in [-0.39, 0.29) is 19.9 Å². The molecule has 0 bridgehead atoms. The Labute approximate surface area is 206 Å². The molecule has 1 N–H and O–H groups in total. The lowest BCUT2D eigenvalue weighted by atomic mass is 10.1. The molecule has 10 nitrogen and oxygen atoms in total. The second kappa shape index (κ2) is 13.7. The Bertz CT molecular complexity index is 1150. The normalized spacial score (nSPS) is 11.0. The van der Waals surface area contributed by atoms with Gasteiger partial charge in [-0.25, -0.2) is 14.6 Å². The molecule has 0 saturated carbocycles. The number of nitrogens with zero attached hydrogens (tertiary/aromatic N) is 4. The molecule has 0 unspecified atom stereocenters. The van der Waals surface area contributed by atoms with Crippen molar-refractivity contribution >= 4 is 17.6 Å². The molecule has 1 amide bonds. The SMILES string of the molecule is C.CC.CCn1c(/C(=N\OCc2cccc(NC(=O)OC(C)(C)C)n2)c2ccccc2)noc1=O. The maximum atomic E-state index is 11.9. The highest BCUT2D eigenvalue weighted by Gasteiger charge is 2.19. The smallest absolute Gasteiger partial charge is 0.441 e. The third kappa shape index (κ3) is 8.73. The van der Waals surface area contributed by atoms with Crippen LogP contribution in [0, 0.1) is 0 Å². The number of carbonyl (C=O) groups is 1. The molecule has 1 aromatic carbocycles. The summed E-state index contributed by atoms with van der Waals surface area (Å²) in [6.45, 7) is 11.5. The fourth-order valence-corrected chi connectivity index (χ4v) is 2.74. The van der Waals surface area contributed by atoms with Crippen molar-refractivity contribution in [2.45, 2.75) is 67.7 Å². The summed E-state index contributed by atoms with van der Waals surface area (Å²) in [5.74, 6) is 0.00894. The van der Waals surface area contributed by atoms with Crippen molar-refractivity contribution in [2.75, 3.05) is 5.32 Å². The number of benzene rings is 1. The van der Waals surface area contributed by atoms with Crippen LogP contribution in [-0.4, -0.2) is 32.1 Å². The Morgan fingerprint density at radius 2 is 1.80 bits per heavy atom. The van der Waals surface area contributed by atoms with E-state index >= 15 is 0 Å². The quantitative estimate of drug-likeness (QED) is 0.359. The third-order valence-electron chi connectivity index (χ3n) is 4.07. The summed E-state index contributed by atoms with van der Waals surface area (Å²) in [6, 6.07) is 14.3. The second-order valence-corrected chi connectivity index (χ2v) is 7.74. The van der Waals surface area contributed by atoms with Gasteiger partial charge in [-0.1, -0.05) is 68.0 Å². The first kappa shape index (κ1) is 29.1. The van der Waals surface area contributed by atoms with Gasteiger partial charge in [0.25, 0.3) is 0 Å². The molecule has 2 heterocycles. The first-order valence-corrected chi connectivity index (χ1v) is 11.0. The predicted octanol–water partition coefficient (Wildman–Crippen LogP) is 5.23. The van der Waals surface area contributed by atoms with E-state index in [1.807, 2.05) is 44.2 Å². The van der Waals surface area contributed by atoms with Gasteiger partial charge in [-0.15, -0.1) is 0 Å². The summed E-state index contributed by atoms with van der Waals surface area (Å²) in [6.07, 6.45) is -0.601. The molecule has 0 aliphatic carbocycles. The lowest BCUT2D eigenvalue weighted by molar-refractivity contribution is 0.0635. The molecule has 0 aliphatic heterocycles. The monoisotopic (exact) mass is 485 g/mol. The minimum absolute atomic E-state index is 0. The van der Waals surface area contributed by atoms with Gasteiger partial charge >= 0.3 is 11.8 Å². The van der Waals surface area contributed by atoms with Gasteiger partial charge < -0.3 is 9.57 Å². The van der Waals surface area contributed by atoms with Crippen molar-refractivity contribution in [1.29, 1.82) is 0 Å². The number of anilines is 1. The summed E-state index contributed by atoms with van der Waals surface area (Å²) in [7, 11) is 0. The highest BCUT2D eigenvalue weighted by Crippen LogP contribution is 2.13. The zero-order chi connectivity index (χ0) is 25.1. The number of hydrogen-bond donors (Lipinski definition) is 1. The van der Waals surface area contributed by atoms with E-state index in [2.05, 4.69) is 20.6 Å². The van der Waals surface area contributed by atoms with Crippen molar-refractivity contribution in [3.05, 3.63) is 76.2 Å². The van der Waals surface area contributed by atoms with E-state index in [9.17, 15) is 9.59 Å². The Balaban J connectivity index is 0.00000199. The van der Waals surface area contributed by atoms with Gasteiger partial charge in [0.15, 0.2) is 12.3 Å². The van der Waals surface area contributed by atoms with Gasteiger partial charge in [-0.2, -0.15) is 0 Å². The van der Waals surface area contributed by atoms with Crippen LogP contribution in [0.25, 0.3) is 0 Å². The standard InChI is InChI=1S/C22H25N5O5.C2H6.CH4/c1-5-27-19(26-32-21(27)29)18(15-10-7-6-8-11-15)25-30-14-16-12-9-13-17(23-16)24-20(28)31-22(2,3)4;1-2;/h6-13H,5,14H2,1-4H3,(H,23,24,28);1-2H3;1H4/b25-18-;;. The van der Waals surface area contributed by atoms with E-state index in [1.54, 1.807) is 45.9 Å². The zero-order valence-corrected chi connectivity index (χ0v) is 20.4. The Morgan fingerprint density at radius 1 is 1.11 bits per heavy atom. The van der Waals surface area contributed by atoms with Crippen molar-refractivity contribution in [3.63, 3.8) is 0 Å². The highest BCUT2D eigenvalue weighted by atomic mass is 16.6. The van der Waals surface area contributed by atoms with E-state index in [1.165, 1.54) is 4.57 Å². The van der Waals surface area contributed by atoms with Crippen LogP contribution in [0.3, 0.4) is 0 Å². The molecule has 0 aliphatic rings. The first-order valence-electron chi connectivity index (χ1n) is 11.0. The van der Waals surface area contributed by atoms with Crippen LogP contribution in [0.2, 0.25) is 0 Å². The number of hydrogen-bond acceptors (Lipinski definition) is 8. The van der Waals surface area contributed by atoms with E-state index in [4.69, 9.17) is 14.1 Å². The maximum absolute atomic E-state index is 11.9. The molecule has 10 heteroatoms. The second-order valence-electron chi connectivity index (χ2n) is 7.74. The van der Waals surface area contributed by atoms with Crippen LogP contribution in [0.4, 0.5) is 10.6 Å². The van der Waals surface area contributed by atoms with Crippen molar-refractivity contribution < 1.29 is 18.9 Å². The van der Waals surface area contributed by atoms with Crippen LogP contribution < -0.4 is 11.1 Å². The van der Waals surface area contributed by atoms with Crippen LogP contribution >= 0.6 is 0 Å². The van der Waals surface area contributed by atoms with Gasteiger partial charge in [-0.3, -0.25) is 14.4 Å². The number of pyridine rings is 1. The molecule has 2 aromatic heterocycles. The molecule has 3 aromatic rings. The summed E-state index contributed by atoms with van der Waals surface area (Å²) in [4.78, 5) is 33.7. The largest absolute Gasteiger partial charge is 0.444 e. The average Bonchev–Trinajstić information content (AvgIpc) is 3.17. The van der Waals surface area contributed by atoms with E-state index in [0.29, 0.717) is 29.3 Å². The molecule has 190 valence electrons. The fraction of sp³-hybridized carbons (Fsp3) is 0.400. The molecule has 0 fully saturated rings. The van der Waals surface area contributed by atoms with Crippen LogP contribution in [0.1, 0.15) is 66.1 Å². The molecular weight excluding hydrogens is 450 g/mol. The highest BCUT2D eigenvalue weighted by molar-refractivity contribution is 6.10. The van der Waals surface area contributed by atoms with E-state index < -0.39 is 17.5 Å². The lowest BCUT2D eigenvalue weighted by Gasteiger charge is -2.19. The van der Waals surface area contributed by atoms with Crippen molar-refractivity contribution in [1.82, 2.24) is 14.7 Å². The molecule has 3 rings (SSSR count). The number of rotatable bonds is 7. The van der Waals surface area contributed by atoms with Crippen LogP contribution in [0.5, 0.6) is 0 Å². The summed E-state index contributed by atoms with van der Waals surface area (Å²) >= 11 is 0. The summed E-state index contributed by atoms with van der Waals surface area (Å²) in [5.41, 5.74) is 0.966. The topological polar surface area (TPSA) is 121 Å². The van der Waals surface area contributed by atoms with Gasteiger partial charge in [0.1, 0.15) is 11.4 Å². The molecule has 0 atom stereocenters. The van der Waals surface area contributed by atoms with Crippen LogP contribution in [-0.2, 0) is 22.7 Å². The van der Waals surface area contributed by atoms with Gasteiger partial charge in [-0.05, 0) is 39.8 Å². The van der Waals surface area contributed by atoms with Crippen LogP contribution in [0.15, 0.2) is 63.0 Å². The molecule has 0 radical (unpaired) electrons. The first-order chi connectivity index (χ1) is 16.3. The van der Waals surface area contributed by atoms with Crippen molar-refractivity contribution in [3.8, 4) is 0 Å². The predicted molar refractivity (Wildman–Crippen MR) is 135 cm³/mol. The number of nitrogens with one attached hydrogen (secondary N) is 1.